The first-order valence-electron chi connectivity index (χ1n) is 10.7. The van der Waals surface area contributed by atoms with Crippen LogP contribution in [0.3, 0.4) is 0 Å². The van der Waals surface area contributed by atoms with Gasteiger partial charge in [-0.25, -0.2) is 0 Å². The van der Waals surface area contributed by atoms with Crippen molar-refractivity contribution >= 4 is 40.5 Å². The van der Waals surface area contributed by atoms with Crippen molar-refractivity contribution in [1.82, 2.24) is 5.32 Å². The maximum Gasteiger partial charge on any atom is 0.257 e. The van der Waals surface area contributed by atoms with Crippen molar-refractivity contribution in [1.29, 1.82) is 0 Å². The lowest BCUT2D eigenvalue weighted by Gasteiger charge is -2.15. The summed E-state index contributed by atoms with van der Waals surface area (Å²) in [5.41, 5.74) is 2.74. The fourth-order valence-corrected chi connectivity index (χ4v) is 3.10. The second-order valence-electron chi connectivity index (χ2n) is 7.22. The Hall–Kier alpha value is -2.93. The molecule has 0 aliphatic rings. The highest BCUT2D eigenvalue weighted by atomic mass is 32.1. The molecule has 0 atom stereocenters. The molecule has 2 amide bonds. The number of rotatable bonds is 10. The molecule has 0 unspecified atom stereocenters. The van der Waals surface area contributed by atoms with Crippen molar-refractivity contribution in [3.05, 3.63) is 53.6 Å². The van der Waals surface area contributed by atoms with E-state index in [2.05, 4.69) is 22.9 Å². The Bertz CT molecular complexity index is 897. The van der Waals surface area contributed by atoms with Crippen LogP contribution in [0.5, 0.6) is 5.75 Å². The number of amides is 2. The predicted molar refractivity (Wildman–Crippen MR) is 130 cm³/mol. The topological polar surface area (TPSA) is 79.5 Å². The number of carbonyl (C=O) groups excluding carboxylic acids is 2. The van der Waals surface area contributed by atoms with Crippen molar-refractivity contribution in [3.63, 3.8) is 0 Å². The van der Waals surface area contributed by atoms with E-state index in [4.69, 9.17) is 17.0 Å². The van der Waals surface area contributed by atoms with Gasteiger partial charge in [0.2, 0.25) is 5.91 Å². The SMILES string of the molecule is CCCCCCOc1ccc(C(=O)NC(=S)Nc2cccc(NC(=O)CC)c2C)cc1. The van der Waals surface area contributed by atoms with E-state index < -0.39 is 0 Å². The van der Waals surface area contributed by atoms with E-state index in [-0.39, 0.29) is 16.9 Å². The van der Waals surface area contributed by atoms with Gasteiger partial charge < -0.3 is 15.4 Å². The molecule has 2 aromatic rings. The third-order valence-electron chi connectivity index (χ3n) is 4.79. The van der Waals surface area contributed by atoms with Crippen molar-refractivity contribution in [2.75, 3.05) is 17.2 Å². The maximum absolute atomic E-state index is 12.5. The van der Waals surface area contributed by atoms with Crippen LogP contribution in [0.15, 0.2) is 42.5 Å². The van der Waals surface area contributed by atoms with E-state index in [1.165, 1.54) is 12.8 Å². The number of ether oxygens (including phenoxy) is 1. The van der Waals surface area contributed by atoms with E-state index >= 15 is 0 Å². The first kappa shape index (κ1) is 24.3. The quantitative estimate of drug-likeness (QED) is 0.338. The lowest BCUT2D eigenvalue weighted by molar-refractivity contribution is -0.115. The van der Waals surface area contributed by atoms with Gasteiger partial charge in [0.25, 0.3) is 5.91 Å². The third kappa shape index (κ3) is 8.02. The van der Waals surface area contributed by atoms with Crippen LogP contribution < -0.4 is 20.7 Å². The third-order valence-corrected chi connectivity index (χ3v) is 4.99. The highest BCUT2D eigenvalue weighted by Crippen LogP contribution is 2.23. The van der Waals surface area contributed by atoms with Gasteiger partial charge in [0.05, 0.1) is 6.61 Å². The largest absolute Gasteiger partial charge is 0.494 e. The summed E-state index contributed by atoms with van der Waals surface area (Å²) in [6.07, 6.45) is 5.00. The number of thiocarbonyl (C=S) groups is 1. The molecule has 0 aliphatic heterocycles. The summed E-state index contributed by atoms with van der Waals surface area (Å²) in [4.78, 5) is 24.2. The van der Waals surface area contributed by atoms with Gasteiger partial charge in [-0.3, -0.25) is 14.9 Å². The number of hydrogen-bond acceptors (Lipinski definition) is 4. The molecule has 0 aromatic heterocycles. The molecule has 31 heavy (non-hydrogen) atoms. The van der Waals surface area contributed by atoms with Crippen LogP contribution >= 0.6 is 12.2 Å². The molecular weight excluding hydrogens is 410 g/mol. The zero-order valence-electron chi connectivity index (χ0n) is 18.4. The zero-order valence-corrected chi connectivity index (χ0v) is 19.2. The Morgan fingerprint density at radius 3 is 2.26 bits per heavy atom. The lowest BCUT2D eigenvalue weighted by atomic mass is 10.1. The molecule has 2 rings (SSSR count). The summed E-state index contributed by atoms with van der Waals surface area (Å²) >= 11 is 5.29. The summed E-state index contributed by atoms with van der Waals surface area (Å²) in [5.74, 6) is 0.375. The Morgan fingerprint density at radius 2 is 1.61 bits per heavy atom. The average Bonchev–Trinajstić information content (AvgIpc) is 2.76. The van der Waals surface area contributed by atoms with E-state index in [9.17, 15) is 9.59 Å². The predicted octanol–water partition coefficient (Wildman–Crippen LogP) is 5.43. The smallest absolute Gasteiger partial charge is 0.257 e. The number of benzene rings is 2. The van der Waals surface area contributed by atoms with E-state index in [1.54, 1.807) is 31.2 Å². The molecule has 6 nitrogen and oxygen atoms in total. The second-order valence-corrected chi connectivity index (χ2v) is 7.63. The number of carbonyl (C=O) groups is 2. The number of hydrogen-bond donors (Lipinski definition) is 3. The minimum atomic E-state index is -0.305. The van der Waals surface area contributed by atoms with Gasteiger partial charge in [-0.05, 0) is 67.5 Å². The Labute approximate surface area is 189 Å². The van der Waals surface area contributed by atoms with Crippen LogP contribution in [0.1, 0.15) is 61.9 Å². The second kappa shape index (κ2) is 12.7. The molecule has 166 valence electrons. The zero-order chi connectivity index (χ0) is 22.6. The fourth-order valence-electron chi connectivity index (χ4n) is 2.90. The molecule has 0 fully saturated rings. The first-order chi connectivity index (χ1) is 14.9. The summed E-state index contributed by atoms with van der Waals surface area (Å²) in [6, 6.07) is 12.5. The highest BCUT2D eigenvalue weighted by molar-refractivity contribution is 7.80. The van der Waals surface area contributed by atoms with Gasteiger partial charge in [-0.15, -0.1) is 0 Å². The molecule has 0 spiro atoms. The van der Waals surface area contributed by atoms with Gasteiger partial charge in [0, 0.05) is 23.4 Å². The van der Waals surface area contributed by atoms with Gasteiger partial charge in [0.15, 0.2) is 5.11 Å². The number of nitrogens with one attached hydrogen (secondary N) is 3. The van der Waals surface area contributed by atoms with Crippen LogP contribution in [0.4, 0.5) is 11.4 Å². The number of anilines is 2. The van der Waals surface area contributed by atoms with Crippen LogP contribution in [-0.2, 0) is 4.79 Å². The molecule has 3 N–H and O–H groups in total. The Balaban J connectivity index is 1.89. The molecule has 0 bridgehead atoms. The summed E-state index contributed by atoms with van der Waals surface area (Å²) in [7, 11) is 0. The van der Waals surface area contributed by atoms with Crippen LogP contribution in [0.2, 0.25) is 0 Å². The van der Waals surface area contributed by atoms with Crippen LogP contribution in [0, 0.1) is 6.92 Å². The Kier molecular flexibility index (Phi) is 9.97. The van der Waals surface area contributed by atoms with E-state index in [1.807, 2.05) is 25.1 Å². The van der Waals surface area contributed by atoms with Gasteiger partial charge in [0.1, 0.15) is 5.75 Å². The number of unbranched alkanes of at least 4 members (excludes halogenated alkanes) is 3. The summed E-state index contributed by atoms with van der Waals surface area (Å²) < 4.78 is 5.71. The van der Waals surface area contributed by atoms with Gasteiger partial charge in [-0.2, -0.15) is 0 Å². The fraction of sp³-hybridized carbons (Fsp3) is 0.375. The molecule has 7 heteroatoms. The maximum atomic E-state index is 12.5. The molecule has 0 aliphatic carbocycles. The van der Waals surface area contributed by atoms with E-state index in [0.717, 1.165) is 24.2 Å². The van der Waals surface area contributed by atoms with Gasteiger partial charge in [-0.1, -0.05) is 39.2 Å². The van der Waals surface area contributed by atoms with E-state index in [0.29, 0.717) is 30.0 Å². The standard InChI is InChI=1S/C24H31N3O3S/c1-4-6-7-8-16-30-19-14-12-18(13-15-19)23(29)27-24(31)26-21-11-9-10-20(17(21)3)25-22(28)5-2/h9-15H,4-8,16H2,1-3H3,(H,25,28)(H2,26,27,29,31). The summed E-state index contributed by atoms with van der Waals surface area (Å²) in [6.45, 7) is 6.52. The average molecular weight is 442 g/mol. The molecule has 0 saturated heterocycles. The Morgan fingerprint density at radius 1 is 0.935 bits per heavy atom. The van der Waals surface area contributed by atoms with Gasteiger partial charge >= 0.3 is 0 Å². The molecule has 2 aromatic carbocycles. The van der Waals surface area contributed by atoms with Crippen molar-refractivity contribution in [3.8, 4) is 5.75 Å². The van der Waals surface area contributed by atoms with Crippen molar-refractivity contribution in [2.45, 2.75) is 52.9 Å². The van der Waals surface area contributed by atoms with Crippen LogP contribution in [0.25, 0.3) is 0 Å². The van der Waals surface area contributed by atoms with Crippen molar-refractivity contribution < 1.29 is 14.3 Å². The molecule has 0 radical (unpaired) electrons. The van der Waals surface area contributed by atoms with Crippen LogP contribution in [-0.4, -0.2) is 23.5 Å². The minimum absolute atomic E-state index is 0.0653. The monoisotopic (exact) mass is 441 g/mol. The highest BCUT2D eigenvalue weighted by Gasteiger charge is 2.11. The molecular formula is C24H31N3O3S. The lowest BCUT2D eigenvalue weighted by Crippen LogP contribution is -2.34. The normalized spacial score (nSPS) is 10.3. The first-order valence-corrected chi connectivity index (χ1v) is 11.1. The molecule has 0 heterocycles. The summed E-state index contributed by atoms with van der Waals surface area (Å²) in [5, 5.41) is 8.74. The molecule has 0 saturated carbocycles. The van der Waals surface area contributed by atoms with Crippen molar-refractivity contribution in [2.24, 2.45) is 0 Å². The minimum Gasteiger partial charge on any atom is -0.494 e.